The molecule has 80 valence electrons. The van der Waals surface area contributed by atoms with Gasteiger partial charge in [0, 0.05) is 31.8 Å². The zero-order chi connectivity index (χ0) is 10.3. The quantitative estimate of drug-likeness (QED) is 0.457. The van der Waals surface area contributed by atoms with Crippen LogP contribution in [0.3, 0.4) is 0 Å². The van der Waals surface area contributed by atoms with Crippen molar-refractivity contribution in [1.82, 2.24) is 15.5 Å². The summed E-state index contributed by atoms with van der Waals surface area (Å²) in [5.41, 5.74) is 0. The van der Waals surface area contributed by atoms with E-state index in [1.807, 2.05) is 7.05 Å². The van der Waals surface area contributed by atoms with Crippen LogP contribution in [0.1, 0.15) is 27.7 Å². The lowest BCUT2D eigenvalue weighted by Gasteiger charge is -2.30. The Balaban J connectivity index is 3.58. The normalized spacial score (nSPS) is 12.0. The maximum absolute atomic E-state index is 3.32. The van der Waals surface area contributed by atoms with Crippen molar-refractivity contribution in [1.29, 1.82) is 0 Å². The van der Waals surface area contributed by atoms with E-state index in [9.17, 15) is 0 Å². The topological polar surface area (TPSA) is 27.3 Å². The molecule has 3 nitrogen and oxygen atoms in total. The summed E-state index contributed by atoms with van der Waals surface area (Å²) < 4.78 is 0. The van der Waals surface area contributed by atoms with Crippen LogP contribution in [0.2, 0.25) is 0 Å². The SMILES string of the molecule is CNCNCCN(C(C)C)C(C)C. The van der Waals surface area contributed by atoms with Crippen LogP contribution in [-0.2, 0) is 0 Å². The number of rotatable bonds is 7. The molecule has 0 aromatic carbocycles. The van der Waals surface area contributed by atoms with Gasteiger partial charge in [0.2, 0.25) is 0 Å². The summed E-state index contributed by atoms with van der Waals surface area (Å²) in [4.78, 5) is 2.49. The number of nitrogens with zero attached hydrogens (tertiary/aromatic N) is 1. The van der Waals surface area contributed by atoms with Crippen LogP contribution in [0.5, 0.6) is 0 Å². The number of hydrogen-bond acceptors (Lipinski definition) is 3. The molecule has 13 heavy (non-hydrogen) atoms. The first-order chi connectivity index (χ1) is 6.09. The van der Waals surface area contributed by atoms with Gasteiger partial charge in [-0.1, -0.05) is 0 Å². The summed E-state index contributed by atoms with van der Waals surface area (Å²) in [5, 5.41) is 6.39. The van der Waals surface area contributed by atoms with E-state index in [1.54, 1.807) is 0 Å². The lowest BCUT2D eigenvalue weighted by Crippen LogP contribution is -2.42. The molecule has 0 aliphatic rings. The zero-order valence-corrected chi connectivity index (χ0v) is 9.72. The Kier molecular flexibility index (Phi) is 7.23. The predicted octanol–water partition coefficient (Wildman–Crippen LogP) is 0.872. The van der Waals surface area contributed by atoms with Gasteiger partial charge in [-0.3, -0.25) is 4.90 Å². The number of nitrogens with one attached hydrogen (secondary N) is 2. The molecule has 0 saturated heterocycles. The van der Waals surface area contributed by atoms with Crippen molar-refractivity contribution in [3.05, 3.63) is 0 Å². The van der Waals surface area contributed by atoms with Crippen LogP contribution in [0.25, 0.3) is 0 Å². The average Bonchev–Trinajstić information content (AvgIpc) is 2.02. The number of hydrogen-bond donors (Lipinski definition) is 2. The van der Waals surface area contributed by atoms with Crippen LogP contribution in [0, 0.1) is 0 Å². The maximum atomic E-state index is 3.32. The minimum absolute atomic E-state index is 0.636. The highest BCUT2D eigenvalue weighted by molar-refractivity contribution is 4.67. The third kappa shape index (κ3) is 6.02. The largest absolute Gasteiger partial charge is 0.308 e. The summed E-state index contributed by atoms with van der Waals surface area (Å²) in [6.07, 6.45) is 0. The molecule has 0 unspecified atom stereocenters. The molecular formula is C10H25N3. The Morgan fingerprint density at radius 3 is 2.00 bits per heavy atom. The van der Waals surface area contributed by atoms with Crippen molar-refractivity contribution >= 4 is 0 Å². The van der Waals surface area contributed by atoms with Crippen LogP contribution in [-0.4, -0.2) is 43.8 Å². The Morgan fingerprint density at radius 2 is 1.62 bits per heavy atom. The molecule has 0 spiro atoms. The lowest BCUT2D eigenvalue weighted by atomic mass is 10.2. The van der Waals surface area contributed by atoms with Crippen molar-refractivity contribution in [2.75, 3.05) is 26.8 Å². The lowest BCUT2D eigenvalue weighted by molar-refractivity contribution is 0.176. The Morgan fingerprint density at radius 1 is 1.08 bits per heavy atom. The summed E-state index contributed by atoms with van der Waals surface area (Å²) in [7, 11) is 1.95. The summed E-state index contributed by atoms with van der Waals surface area (Å²) in [5.74, 6) is 0. The highest BCUT2D eigenvalue weighted by Gasteiger charge is 2.11. The molecule has 0 rings (SSSR count). The molecular weight excluding hydrogens is 162 g/mol. The molecule has 0 aliphatic carbocycles. The van der Waals surface area contributed by atoms with Gasteiger partial charge in [0.25, 0.3) is 0 Å². The van der Waals surface area contributed by atoms with Crippen molar-refractivity contribution in [2.24, 2.45) is 0 Å². The average molecular weight is 187 g/mol. The van der Waals surface area contributed by atoms with Crippen LogP contribution in [0.15, 0.2) is 0 Å². The van der Waals surface area contributed by atoms with Crippen molar-refractivity contribution in [3.8, 4) is 0 Å². The van der Waals surface area contributed by atoms with Crippen molar-refractivity contribution in [3.63, 3.8) is 0 Å². The molecule has 0 aliphatic heterocycles. The summed E-state index contributed by atoms with van der Waals surface area (Å²) >= 11 is 0. The van der Waals surface area contributed by atoms with E-state index in [1.165, 1.54) is 0 Å². The van der Waals surface area contributed by atoms with Crippen molar-refractivity contribution < 1.29 is 0 Å². The van der Waals surface area contributed by atoms with Gasteiger partial charge < -0.3 is 10.6 Å². The highest BCUT2D eigenvalue weighted by Crippen LogP contribution is 2.02. The minimum atomic E-state index is 0.636. The Bertz CT molecular complexity index is 105. The first-order valence-corrected chi connectivity index (χ1v) is 5.20. The van der Waals surface area contributed by atoms with E-state index in [4.69, 9.17) is 0 Å². The van der Waals surface area contributed by atoms with Crippen LogP contribution < -0.4 is 10.6 Å². The standard InChI is InChI=1S/C10H25N3/c1-9(2)13(10(3)4)7-6-12-8-11-5/h9-12H,6-8H2,1-5H3. The van der Waals surface area contributed by atoms with E-state index in [0.29, 0.717) is 12.1 Å². The van der Waals surface area contributed by atoms with Gasteiger partial charge in [-0.25, -0.2) is 0 Å². The van der Waals surface area contributed by atoms with E-state index in [0.717, 1.165) is 19.8 Å². The molecule has 0 amide bonds. The molecule has 0 fully saturated rings. The third-order valence-corrected chi connectivity index (χ3v) is 2.18. The zero-order valence-electron chi connectivity index (χ0n) is 9.72. The molecule has 0 aromatic heterocycles. The maximum Gasteiger partial charge on any atom is 0.0452 e. The van der Waals surface area contributed by atoms with Gasteiger partial charge in [0.15, 0.2) is 0 Å². The van der Waals surface area contributed by atoms with Gasteiger partial charge in [0.1, 0.15) is 0 Å². The fraction of sp³-hybridized carbons (Fsp3) is 1.00. The van der Waals surface area contributed by atoms with Gasteiger partial charge >= 0.3 is 0 Å². The van der Waals surface area contributed by atoms with Gasteiger partial charge in [0.05, 0.1) is 0 Å². The van der Waals surface area contributed by atoms with Crippen LogP contribution in [0.4, 0.5) is 0 Å². The first kappa shape index (κ1) is 12.9. The van der Waals surface area contributed by atoms with E-state index < -0.39 is 0 Å². The highest BCUT2D eigenvalue weighted by atomic mass is 15.2. The van der Waals surface area contributed by atoms with E-state index in [-0.39, 0.29) is 0 Å². The van der Waals surface area contributed by atoms with Gasteiger partial charge in [-0.2, -0.15) is 0 Å². The van der Waals surface area contributed by atoms with Crippen molar-refractivity contribution in [2.45, 2.75) is 39.8 Å². The fourth-order valence-corrected chi connectivity index (χ4v) is 1.53. The minimum Gasteiger partial charge on any atom is -0.308 e. The Labute approximate surface area is 82.9 Å². The molecule has 0 aromatic rings. The fourth-order valence-electron chi connectivity index (χ4n) is 1.53. The van der Waals surface area contributed by atoms with E-state index >= 15 is 0 Å². The summed E-state index contributed by atoms with van der Waals surface area (Å²) in [6, 6.07) is 1.27. The van der Waals surface area contributed by atoms with Crippen LogP contribution >= 0.6 is 0 Å². The first-order valence-electron chi connectivity index (χ1n) is 5.20. The Hall–Kier alpha value is -0.120. The molecule has 0 radical (unpaired) electrons. The second-order valence-electron chi connectivity index (χ2n) is 3.96. The molecule has 0 saturated carbocycles. The van der Waals surface area contributed by atoms with Gasteiger partial charge in [-0.05, 0) is 34.7 Å². The second-order valence-corrected chi connectivity index (χ2v) is 3.96. The van der Waals surface area contributed by atoms with E-state index in [2.05, 4.69) is 43.2 Å². The molecule has 2 N–H and O–H groups in total. The third-order valence-electron chi connectivity index (χ3n) is 2.18. The molecule has 3 heteroatoms. The predicted molar refractivity (Wildman–Crippen MR) is 58.9 cm³/mol. The molecule has 0 atom stereocenters. The smallest absolute Gasteiger partial charge is 0.0452 e. The molecule has 0 bridgehead atoms. The van der Waals surface area contributed by atoms with Gasteiger partial charge in [-0.15, -0.1) is 0 Å². The molecule has 0 heterocycles. The summed E-state index contributed by atoms with van der Waals surface area (Å²) in [6.45, 7) is 12.1. The monoisotopic (exact) mass is 187 g/mol. The second kappa shape index (κ2) is 7.30.